The highest BCUT2D eigenvalue weighted by atomic mass is 28.4. The minimum atomic E-state index is -1.22. The topological polar surface area (TPSA) is 16.4 Å². The molecular formula is C18H33NOSi2. The van der Waals surface area contributed by atoms with Crippen molar-refractivity contribution in [2.24, 2.45) is 0 Å². The molecule has 2 nitrogen and oxygen atoms in total. The fourth-order valence-electron chi connectivity index (χ4n) is 3.93. The van der Waals surface area contributed by atoms with Gasteiger partial charge in [0.1, 0.15) is 22.2 Å². The first kappa shape index (κ1) is 17.8. The summed E-state index contributed by atoms with van der Waals surface area (Å²) < 4.78 is 8.65. The molecule has 0 N–H and O–H groups in total. The van der Waals surface area contributed by atoms with Gasteiger partial charge in [0.15, 0.2) is 0 Å². The molecule has 124 valence electrons. The minimum absolute atomic E-state index is 0.153. The zero-order chi connectivity index (χ0) is 16.8. The van der Waals surface area contributed by atoms with Crippen molar-refractivity contribution in [3.05, 3.63) is 29.7 Å². The third kappa shape index (κ3) is 3.66. The van der Waals surface area contributed by atoms with Crippen molar-refractivity contribution in [3.63, 3.8) is 0 Å². The van der Waals surface area contributed by atoms with Gasteiger partial charge in [-0.25, -0.2) is 0 Å². The molecule has 1 aromatic rings. The van der Waals surface area contributed by atoms with E-state index in [9.17, 15) is 0 Å². The molecule has 2 heterocycles. The predicted molar refractivity (Wildman–Crippen MR) is 102 cm³/mol. The second kappa shape index (κ2) is 5.80. The molecule has 0 aliphatic carbocycles. The largest absolute Gasteiger partial charge is 0.465 e. The summed E-state index contributed by atoms with van der Waals surface area (Å²) >= 11 is 0. The summed E-state index contributed by atoms with van der Waals surface area (Å²) in [5.41, 5.74) is 1.42. The number of rotatable bonds is 3. The lowest BCUT2D eigenvalue weighted by Gasteiger charge is -2.42. The highest BCUT2D eigenvalue weighted by molar-refractivity contribution is 6.95. The van der Waals surface area contributed by atoms with Crippen LogP contribution >= 0.6 is 0 Å². The molecule has 0 bridgehead atoms. The van der Waals surface area contributed by atoms with Crippen molar-refractivity contribution in [1.29, 1.82) is 0 Å². The minimum Gasteiger partial charge on any atom is -0.465 e. The van der Waals surface area contributed by atoms with E-state index in [1.54, 1.807) is 0 Å². The summed E-state index contributed by atoms with van der Waals surface area (Å²) in [6, 6.07) is 5.62. The molecule has 1 aliphatic rings. The molecule has 1 atom stereocenters. The zero-order valence-electron chi connectivity index (χ0n) is 15.7. The van der Waals surface area contributed by atoms with Gasteiger partial charge in [-0.3, -0.25) is 0 Å². The third-order valence-electron chi connectivity index (χ3n) is 5.08. The van der Waals surface area contributed by atoms with E-state index in [2.05, 4.69) is 76.3 Å². The number of furan rings is 1. The average molecular weight is 336 g/mol. The molecule has 0 amide bonds. The van der Waals surface area contributed by atoms with E-state index >= 15 is 0 Å². The van der Waals surface area contributed by atoms with Gasteiger partial charge in [-0.15, -0.1) is 0 Å². The van der Waals surface area contributed by atoms with E-state index in [1.807, 2.05) is 6.26 Å². The van der Waals surface area contributed by atoms with Crippen LogP contribution in [0.3, 0.4) is 0 Å². The molecule has 22 heavy (non-hydrogen) atoms. The first-order valence-corrected chi connectivity index (χ1v) is 14.8. The summed E-state index contributed by atoms with van der Waals surface area (Å²) in [6.45, 7) is 19.2. The molecule has 1 saturated heterocycles. The van der Waals surface area contributed by atoms with E-state index in [4.69, 9.17) is 4.42 Å². The third-order valence-corrected chi connectivity index (χ3v) is 15.6. The highest BCUT2D eigenvalue weighted by Crippen LogP contribution is 2.38. The fraction of sp³-hybridized carbons (Fsp3) is 0.667. The van der Waals surface area contributed by atoms with E-state index in [-0.39, 0.29) is 5.41 Å². The summed E-state index contributed by atoms with van der Waals surface area (Å²) in [5.74, 6) is 0.981. The Morgan fingerprint density at radius 3 is 2.14 bits per heavy atom. The van der Waals surface area contributed by atoms with Gasteiger partial charge in [0.25, 0.3) is 0 Å². The fourth-order valence-corrected chi connectivity index (χ4v) is 18.9. The lowest BCUT2D eigenvalue weighted by Crippen LogP contribution is -2.58. The van der Waals surface area contributed by atoms with Crippen molar-refractivity contribution in [3.8, 4) is 0 Å². The molecule has 2 rings (SSSR count). The lowest BCUT2D eigenvalue weighted by molar-refractivity contribution is 0.529. The van der Waals surface area contributed by atoms with Gasteiger partial charge >= 0.3 is 0 Å². The van der Waals surface area contributed by atoms with Crippen LogP contribution in [0.4, 0.5) is 0 Å². The Morgan fingerprint density at radius 1 is 1.14 bits per heavy atom. The van der Waals surface area contributed by atoms with Crippen molar-refractivity contribution < 1.29 is 4.42 Å². The molecule has 1 aromatic heterocycles. The first-order chi connectivity index (χ1) is 9.93. The average Bonchev–Trinajstić information content (AvgIpc) is 2.89. The quantitative estimate of drug-likeness (QED) is 0.658. The summed E-state index contributed by atoms with van der Waals surface area (Å²) in [6.07, 6.45) is 6.42. The molecule has 0 saturated carbocycles. The molecular weight excluding hydrogens is 302 g/mol. The lowest BCUT2D eigenvalue weighted by atomic mass is 9.89. The smallest absolute Gasteiger partial charge is 0.126 e. The Labute approximate surface area is 138 Å². The maximum absolute atomic E-state index is 5.73. The van der Waals surface area contributed by atoms with Gasteiger partial charge in [-0.05, 0) is 42.1 Å². The van der Waals surface area contributed by atoms with Gasteiger partial charge in [-0.1, -0.05) is 53.0 Å². The molecule has 4 heteroatoms. The Balaban J connectivity index is 2.14. The van der Waals surface area contributed by atoms with Gasteiger partial charge in [0.05, 0.1) is 6.26 Å². The van der Waals surface area contributed by atoms with Crippen molar-refractivity contribution >= 4 is 22.5 Å². The van der Waals surface area contributed by atoms with Crippen molar-refractivity contribution in [1.82, 2.24) is 4.23 Å². The van der Waals surface area contributed by atoms with E-state index in [0.717, 1.165) is 5.76 Å². The summed E-state index contributed by atoms with van der Waals surface area (Å²) in [4.78, 5) is 0. The van der Waals surface area contributed by atoms with Gasteiger partial charge in [0, 0.05) is 6.04 Å². The van der Waals surface area contributed by atoms with Gasteiger partial charge < -0.3 is 8.65 Å². The van der Waals surface area contributed by atoms with Crippen LogP contribution in [0.15, 0.2) is 22.8 Å². The monoisotopic (exact) mass is 335 g/mol. The van der Waals surface area contributed by atoms with Crippen LogP contribution in [-0.2, 0) is 5.41 Å². The maximum Gasteiger partial charge on any atom is 0.126 e. The number of nitrogens with zero attached hydrogens (tertiary/aromatic N) is 1. The zero-order valence-corrected chi connectivity index (χ0v) is 17.7. The highest BCUT2D eigenvalue weighted by Gasteiger charge is 2.48. The van der Waals surface area contributed by atoms with Crippen LogP contribution in [-0.4, -0.2) is 26.7 Å². The SMILES string of the molecule is C[C@H](/C=C/c1cc(C(C)(C)C)co1)N1[Si](C)(C)CC[Si]1(C)C. The molecule has 0 radical (unpaired) electrons. The Bertz CT molecular complexity index is 536. The molecule has 0 spiro atoms. The van der Waals surface area contributed by atoms with Crippen molar-refractivity contribution in [2.75, 3.05) is 0 Å². The standard InChI is InChI=1S/C18H33NOSi2/c1-15(19-21(5,6)11-12-22(19,7)8)9-10-17-13-16(14-20-17)18(2,3)4/h9-10,13-15H,11-12H2,1-8H3/b10-9+/t15-/m1/s1. The van der Waals surface area contributed by atoms with Crippen LogP contribution in [0.1, 0.15) is 39.0 Å². The van der Waals surface area contributed by atoms with E-state index in [1.165, 1.54) is 17.7 Å². The Morgan fingerprint density at radius 2 is 1.68 bits per heavy atom. The van der Waals surface area contributed by atoms with E-state index < -0.39 is 16.5 Å². The molecule has 0 unspecified atom stereocenters. The molecule has 0 aromatic carbocycles. The predicted octanol–water partition coefficient (Wildman–Crippen LogP) is 5.70. The second-order valence-electron chi connectivity index (χ2n) is 9.08. The van der Waals surface area contributed by atoms with Crippen LogP contribution in [0.2, 0.25) is 38.3 Å². The van der Waals surface area contributed by atoms with Gasteiger partial charge in [-0.2, -0.15) is 0 Å². The van der Waals surface area contributed by atoms with Crippen LogP contribution < -0.4 is 0 Å². The van der Waals surface area contributed by atoms with Crippen LogP contribution in [0.5, 0.6) is 0 Å². The first-order valence-electron chi connectivity index (χ1n) is 8.50. The van der Waals surface area contributed by atoms with E-state index in [0.29, 0.717) is 6.04 Å². The second-order valence-corrected chi connectivity index (χ2v) is 18.7. The van der Waals surface area contributed by atoms with Crippen LogP contribution in [0, 0.1) is 0 Å². The number of hydrogen-bond donors (Lipinski definition) is 0. The Hall–Kier alpha value is -0.586. The number of hydrogen-bond acceptors (Lipinski definition) is 2. The normalized spacial score (nSPS) is 23.3. The van der Waals surface area contributed by atoms with Crippen molar-refractivity contribution in [2.45, 2.75) is 77.4 Å². The molecule has 1 aliphatic heterocycles. The summed E-state index contributed by atoms with van der Waals surface area (Å²) in [7, 11) is -2.44. The Kier molecular flexibility index (Phi) is 4.68. The van der Waals surface area contributed by atoms with Gasteiger partial charge in [0.2, 0.25) is 0 Å². The summed E-state index contributed by atoms with van der Waals surface area (Å²) in [5, 5.41) is 0. The van der Waals surface area contributed by atoms with Crippen LogP contribution in [0.25, 0.3) is 6.08 Å². The molecule has 1 fully saturated rings. The maximum atomic E-state index is 5.73.